The minimum absolute atomic E-state index is 0.448. The molecule has 3 nitrogen and oxygen atoms in total. The number of pyridine rings is 1. The molecule has 5 heteroatoms. The van der Waals surface area contributed by atoms with E-state index in [1.54, 1.807) is 24.3 Å². The summed E-state index contributed by atoms with van der Waals surface area (Å²) in [7, 11) is 0. The zero-order valence-electron chi connectivity index (χ0n) is 9.17. The molecule has 0 spiro atoms. The van der Waals surface area contributed by atoms with Crippen LogP contribution in [0.3, 0.4) is 0 Å². The molecular formula is C12H11Cl2N3. The van der Waals surface area contributed by atoms with E-state index in [1.807, 2.05) is 13.0 Å². The Morgan fingerprint density at radius 3 is 2.65 bits per heavy atom. The van der Waals surface area contributed by atoms with Gasteiger partial charge in [0.1, 0.15) is 11.6 Å². The van der Waals surface area contributed by atoms with Crippen molar-refractivity contribution in [2.45, 2.75) is 6.92 Å². The van der Waals surface area contributed by atoms with E-state index in [0.717, 1.165) is 5.56 Å². The standard InChI is InChI=1S/C12H11Cl2N3/c1-7-5-9(14)10(6-8(7)13)16-12-4-2-3-11(15)17-12/h2-6H,1H3,(H3,15,16,17). The third-order valence-corrected chi connectivity index (χ3v) is 3.00. The molecule has 1 aromatic heterocycles. The van der Waals surface area contributed by atoms with Gasteiger partial charge in [-0.15, -0.1) is 0 Å². The van der Waals surface area contributed by atoms with Crippen LogP contribution in [0.5, 0.6) is 0 Å². The van der Waals surface area contributed by atoms with Crippen molar-refractivity contribution in [3.63, 3.8) is 0 Å². The van der Waals surface area contributed by atoms with Crippen molar-refractivity contribution < 1.29 is 0 Å². The number of halogens is 2. The Morgan fingerprint density at radius 1 is 1.18 bits per heavy atom. The summed E-state index contributed by atoms with van der Waals surface area (Å²) in [6.07, 6.45) is 0. The Hall–Kier alpha value is -1.45. The predicted molar refractivity (Wildman–Crippen MR) is 73.1 cm³/mol. The van der Waals surface area contributed by atoms with Crippen LogP contribution in [-0.2, 0) is 0 Å². The smallest absolute Gasteiger partial charge is 0.132 e. The molecule has 1 aromatic carbocycles. The first-order chi connectivity index (χ1) is 8.06. The summed E-state index contributed by atoms with van der Waals surface area (Å²) in [5, 5.41) is 4.32. The molecule has 3 N–H and O–H groups in total. The largest absolute Gasteiger partial charge is 0.384 e. The molecule has 0 aliphatic rings. The van der Waals surface area contributed by atoms with E-state index in [1.165, 1.54) is 0 Å². The minimum atomic E-state index is 0.448. The molecular weight excluding hydrogens is 257 g/mol. The fourth-order valence-corrected chi connectivity index (χ4v) is 1.83. The van der Waals surface area contributed by atoms with Crippen molar-refractivity contribution in [3.05, 3.63) is 45.9 Å². The van der Waals surface area contributed by atoms with Gasteiger partial charge in [0.25, 0.3) is 0 Å². The summed E-state index contributed by atoms with van der Waals surface area (Å²) in [6, 6.07) is 8.91. The van der Waals surface area contributed by atoms with Crippen molar-refractivity contribution in [2.24, 2.45) is 0 Å². The van der Waals surface area contributed by atoms with Crippen LogP contribution in [0.1, 0.15) is 5.56 Å². The zero-order chi connectivity index (χ0) is 12.4. The molecule has 17 heavy (non-hydrogen) atoms. The first-order valence-electron chi connectivity index (χ1n) is 5.01. The molecule has 0 bridgehead atoms. The Kier molecular flexibility index (Phi) is 3.41. The summed E-state index contributed by atoms with van der Waals surface area (Å²) in [5.41, 5.74) is 7.24. The zero-order valence-corrected chi connectivity index (χ0v) is 10.7. The van der Waals surface area contributed by atoms with Crippen LogP contribution in [0.25, 0.3) is 0 Å². The lowest BCUT2D eigenvalue weighted by Gasteiger charge is -2.09. The predicted octanol–water partition coefficient (Wildman–Crippen LogP) is 4.02. The van der Waals surface area contributed by atoms with Gasteiger partial charge in [-0.25, -0.2) is 4.98 Å². The molecule has 2 aromatic rings. The normalized spacial score (nSPS) is 10.3. The van der Waals surface area contributed by atoms with Gasteiger partial charge >= 0.3 is 0 Å². The van der Waals surface area contributed by atoms with Crippen LogP contribution in [0, 0.1) is 6.92 Å². The summed E-state index contributed by atoms with van der Waals surface area (Å²) in [5.74, 6) is 1.08. The number of aromatic nitrogens is 1. The molecule has 0 fully saturated rings. The summed E-state index contributed by atoms with van der Waals surface area (Å²) in [4.78, 5) is 4.13. The highest BCUT2D eigenvalue weighted by molar-refractivity contribution is 6.35. The Bertz CT molecular complexity index is 555. The number of nitrogens with one attached hydrogen (secondary N) is 1. The van der Waals surface area contributed by atoms with E-state index in [0.29, 0.717) is 27.4 Å². The van der Waals surface area contributed by atoms with Gasteiger partial charge in [-0.1, -0.05) is 29.3 Å². The number of aryl methyl sites for hydroxylation is 1. The first-order valence-corrected chi connectivity index (χ1v) is 5.77. The Morgan fingerprint density at radius 2 is 1.94 bits per heavy atom. The fraction of sp³-hybridized carbons (Fsp3) is 0.0833. The monoisotopic (exact) mass is 267 g/mol. The molecule has 2 rings (SSSR count). The molecule has 1 heterocycles. The van der Waals surface area contributed by atoms with Gasteiger partial charge in [0, 0.05) is 5.02 Å². The van der Waals surface area contributed by atoms with Crippen LogP contribution < -0.4 is 11.1 Å². The average Bonchev–Trinajstić information content (AvgIpc) is 2.26. The van der Waals surface area contributed by atoms with Gasteiger partial charge in [-0.3, -0.25) is 0 Å². The van der Waals surface area contributed by atoms with Gasteiger partial charge in [0.15, 0.2) is 0 Å². The van der Waals surface area contributed by atoms with E-state index in [2.05, 4.69) is 10.3 Å². The van der Waals surface area contributed by atoms with E-state index in [-0.39, 0.29) is 0 Å². The average molecular weight is 268 g/mol. The van der Waals surface area contributed by atoms with Crippen molar-refractivity contribution in [1.29, 1.82) is 0 Å². The van der Waals surface area contributed by atoms with E-state index < -0.39 is 0 Å². The third-order valence-electron chi connectivity index (χ3n) is 2.28. The van der Waals surface area contributed by atoms with Gasteiger partial charge in [0.05, 0.1) is 10.7 Å². The molecule has 0 saturated heterocycles. The maximum Gasteiger partial charge on any atom is 0.132 e. The quantitative estimate of drug-likeness (QED) is 0.864. The fourth-order valence-electron chi connectivity index (χ4n) is 1.40. The maximum atomic E-state index is 6.11. The number of nitrogens with zero attached hydrogens (tertiary/aromatic N) is 1. The Balaban J connectivity index is 2.33. The maximum absolute atomic E-state index is 6.11. The molecule has 0 unspecified atom stereocenters. The minimum Gasteiger partial charge on any atom is -0.384 e. The van der Waals surface area contributed by atoms with Crippen molar-refractivity contribution in [1.82, 2.24) is 4.98 Å². The first kappa shape index (κ1) is 12.0. The highest BCUT2D eigenvalue weighted by atomic mass is 35.5. The number of benzene rings is 1. The number of hydrogen-bond donors (Lipinski definition) is 2. The number of anilines is 3. The molecule has 0 amide bonds. The van der Waals surface area contributed by atoms with Crippen molar-refractivity contribution in [2.75, 3.05) is 11.1 Å². The van der Waals surface area contributed by atoms with Crippen LogP contribution in [-0.4, -0.2) is 4.98 Å². The van der Waals surface area contributed by atoms with Crippen molar-refractivity contribution >= 4 is 40.5 Å². The van der Waals surface area contributed by atoms with Crippen LogP contribution in [0.15, 0.2) is 30.3 Å². The Labute approximate surface area is 110 Å². The molecule has 0 atom stereocenters. The number of rotatable bonds is 2. The highest BCUT2D eigenvalue weighted by Gasteiger charge is 2.05. The molecule has 0 saturated carbocycles. The SMILES string of the molecule is Cc1cc(Cl)c(Nc2cccc(N)n2)cc1Cl. The summed E-state index contributed by atoms with van der Waals surface area (Å²) in [6.45, 7) is 1.90. The van der Waals surface area contributed by atoms with Crippen LogP contribution in [0.4, 0.5) is 17.3 Å². The van der Waals surface area contributed by atoms with Gasteiger partial charge in [-0.2, -0.15) is 0 Å². The van der Waals surface area contributed by atoms with Gasteiger partial charge in [0.2, 0.25) is 0 Å². The van der Waals surface area contributed by atoms with E-state index in [9.17, 15) is 0 Å². The van der Waals surface area contributed by atoms with Gasteiger partial charge < -0.3 is 11.1 Å². The van der Waals surface area contributed by atoms with Crippen LogP contribution in [0.2, 0.25) is 10.0 Å². The lowest BCUT2D eigenvalue weighted by Crippen LogP contribution is -1.97. The molecule has 0 aliphatic carbocycles. The second kappa shape index (κ2) is 4.82. The second-order valence-electron chi connectivity index (χ2n) is 3.65. The highest BCUT2D eigenvalue weighted by Crippen LogP contribution is 2.30. The molecule has 88 valence electrons. The molecule has 0 aliphatic heterocycles. The second-order valence-corrected chi connectivity index (χ2v) is 4.47. The topological polar surface area (TPSA) is 50.9 Å². The lowest BCUT2D eigenvalue weighted by atomic mass is 10.2. The van der Waals surface area contributed by atoms with Crippen LogP contribution >= 0.6 is 23.2 Å². The van der Waals surface area contributed by atoms with E-state index >= 15 is 0 Å². The summed E-state index contributed by atoms with van der Waals surface area (Å²) >= 11 is 12.2. The third kappa shape index (κ3) is 2.81. The number of hydrogen-bond acceptors (Lipinski definition) is 3. The van der Waals surface area contributed by atoms with Gasteiger partial charge in [-0.05, 0) is 36.8 Å². The van der Waals surface area contributed by atoms with Crippen molar-refractivity contribution in [3.8, 4) is 0 Å². The lowest BCUT2D eigenvalue weighted by molar-refractivity contribution is 1.31. The summed E-state index contributed by atoms with van der Waals surface area (Å²) < 4.78 is 0. The molecule has 0 radical (unpaired) electrons. The number of nitrogen functional groups attached to an aromatic ring is 1. The van der Waals surface area contributed by atoms with E-state index in [4.69, 9.17) is 28.9 Å². The number of nitrogens with two attached hydrogens (primary N) is 1.